The number of hydrogen-bond acceptors (Lipinski definition) is 7. The second-order valence-electron chi connectivity index (χ2n) is 8.16. The maximum atomic E-state index is 13.3. The van der Waals surface area contributed by atoms with Crippen molar-refractivity contribution in [2.75, 3.05) is 25.2 Å². The fraction of sp³-hybridized carbons (Fsp3) is 0.269. The zero-order valence-corrected chi connectivity index (χ0v) is 20.0. The van der Waals surface area contributed by atoms with Crippen LogP contribution >= 0.6 is 11.3 Å². The van der Waals surface area contributed by atoms with Gasteiger partial charge in [0.2, 0.25) is 5.88 Å². The molecule has 1 amide bonds. The molecule has 8 heteroatoms. The van der Waals surface area contributed by atoms with Crippen molar-refractivity contribution in [1.29, 1.82) is 0 Å². The first kappa shape index (κ1) is 23.7. The summed E-state index contributed by atoms with van der Waals surface area (Å²) in [5, 5.41) is 14.9. The molecule has 1 N–H and O–H groups in total. The highest BCUT2D eigenvalue weighted by Gasteiger charge is 2.46. The molecule has 0 spiro atoms. The predicted molar refractivity (Wildman–Crippen MR) is 131 cm³/mol. The van der Waals surface area contributed by atoms with Gasteiger partial charge in [0.15, 0.2) is 11.5 Å². The number of Topliss-reactive ketones (excluding diaryl/α,β-unsaturated/α-hetero) is 1. The van der Waals surface area contributed by atoms with Crippen LogP contribution in [-0.4, -0.2) is 42.1 Å². The van der Waals surface area contributed by atoms with Crippen molar-refractivity contribution in [3.05, 3.63) is 76.3 Å². The first-order valence-corrected chi connectivity index (χ1v) is 11.9. The first-order valence-electron chi connectivity index (χ1n) is 10.9. The second-order valence-corrected chi connectivity index (χ2v) is 8.94. The highest BCUT2D eigenvalue weighted by atomic mass is 32.1. The van der Waals surface area contributed by atoms with Gasteiger partial charge in [-0.15, -0.1) is 0 Å². The van der Waals surface area contributed by atoms with Crippen LogP contribution in [-0.2, 0) is 14.3 Å². The van der Waals surface area contributed by atoms with Crippen molar-refractivity contribution < 1.29 is 24.2 Å². The summed E-state index contributed by atoms with van der Waals surface area (Å²) in [6, 6.07) is 12.1. The number of benzene rings is 1. The number of hydrogen-bond donors (Lipinski definition) is 1. The van der Waals surface area contributed by atoms with Gasteiger partial charge in [0.05, 0.1) is 12.2 Å². The minimum atomic E-state index is -0.874. The fourth-order valence-electron chi connectivity index (χ4n) is 3.93. The predicted octanol–water partition coefficient (Wildman–Crippen LogP) is 4.96. The van der Waals surface area contributed by atoms with E-state index in [1.807, 2.05) is 41.1 Å². The third kappa shape index (κ3) is 4.47. The lowest BCUT2D eigenvalue weighted by atomic mass is 9.91. The second kappa shape index (κ2) is 10.2. The average molecular weight is 479 g/mol. The van der Waals surface area contributed by atoms with E-state index in [4.69, 9.17) is 9.47 Å². The summed E-state index contributed by atoms with van der Waals surface area (Å²) in [6.45, 7) is 4.08. The van der Waals surface area contributed by atoms with Gasteiger partial charge in [0, 0.05) is 30.5 Å². The Bertz CT molecular complexity index is 1200. The lowest BCUT2D eigenvalue weighted by Crippen LogP contribution is -2.32. The van der Waals surface area contributed by atoms with Crippen LogP contribution in [0.4, 0.5) is 5.69 Å². The number of pyridine rings is 1. The number of aliphatic hydroxyl groups excluding tert-OH is 1. The Kier molecular flexibility index (Phi) is 7.09. The first-order chi connectivity index (χ1) is 16.4. The number of carbonyl (C=O) groups excluding carboxylic acids is 2. The van der Waals surface area contributed by atoms with Crippen LogP contribution in [0.15, 0.2) is 70.8 Å². The smallest absolute Gasteiger partial charge is 0.294 e. The normalized spacial score (nSPS) is 15.9. The monoisotopic (exact) mass is 478 g/mol. The number of ether oxygens (including phenoxy) is 2. The number of ketones is 1. The topological polar surface area (TPSA) is 89.0 Å². The molecular weight excluding hydrogens is 452 g/mol. The molecule has 0 saturated heterocycles. The average Bonchev–Trinajstić information content (AvgIpc) is 3.47. The van der Waals surface area contributed by atoms with Gasteiger partial charge < -0.3 is 14.6 Å². The molecule has 7 nitrogen and oxygen atoms in total. The lowest BCUT2D eigenvalue weighted by molar-refractivity contribution is -0.119. The zero-order valence-electron chi connectivity index (χ0n) is 19.2. The third-order valence-electron chi connectivity index (χ3n) is 5.62. The van der Waals surface area contributed by atoms with Crippen LogP contribution in [0, 0.1) is 5.92 Å². The Morgan fingerprint density at radius 2 is 1.91 bits per heavy atom. The number of aliphatic hydroxyl groups is 1. The maximum Gasteiger partial charge on any atom is 0.294 e. The molecule has 0 radical (unpaired) electrons. The standard InChI is InChI=1S/C26H26N2O5S/c1-16(2)23(29)21-22(20-5-4-11-27-25(20)33-13-12-32-3)28(26(31)24(21)30)19-8-6-17(7-9-19)18-10-14-34-15-18/h4-11,14-16,22,30H,12-13H2,1-3H3/t22-/m1/s1. The van der Waals surface area contributed by atoms with Crippen LogP contribution in [0.3, 0.4) is 0 Å². The van der Waals surface area contributed by atoms with Crippen LogP contribution in [0.1, 0.15) is 25.5 Å². The number of methoxy groups -OCH3 is 1. The van der Waals surface area contributed by atoms with Gasteiger partial charge in [0.1, 0.15) is 12.6 Å². The number of nitrogens with zero attached hydrogens (tertiary/aromatic N) is 2. The molecule has 2 aromatic heterocycles. The molecule has 1 aliphatic heterocycles. The van der Waals surface area contributed by atoms with E-state index in [0.717, 1.165) is 11.1 Å². The van der Waals surface area contributed by atoms with Crippen molar-refractivity contribution in [2.24, 2.45) is 5.92 Å². The van der Waals surface area contributed by atoms with Gasteiger partial charge in [-0.05, 0) is 52.2 Å². The van der Waals surface area contributed by atoms with E-state index in [1.54, 1.807) is 50.6 Å². The fourth-order valence-corrected chi connectivity index (χ4v) is 4.59. The third-order valence-corrected chi connectivity index (χ3v) is 6.30. The number of thiophene rings is 1. The largest absolute Gasteiger partial charge is 0.503 e. The molecule has 34 heavy (non-hydrogen) atoms. The van der Waals surface area contributed by atoms with Crippen LogP contribution in [0.5, 0.6) is 5.88 Å². The molecular formula is C26H26N2O5S. The van der Waals surface area contributed by atoms with Crippen molar-refractivity contribution in [3.8, 4) is 17.0 Å². The summed E-state index contributed by atoms with van der Waals surface area (Å²) >= 11 is 1.61. The van der Waals surface area contributed by atoms with Gasteiger partial charge in [-0.25, -0.2) is 4.98 Å². The Morgan fingerprint density at radius 3 is 2.56 bits per heavy atom. The molecule has 1 atom stereocenters. The van der Waals surface area contributed by atoms with E-state index in [1.165, 1.54) is 4.90 Å². The molecule has 0 saturated carbocycles. The molecule has 4 rings (SSSR count). The lowest BCUT2D eigenvalue weighted by Gasteiger charge is -2.28. The molecule has 176 valence electrons. The highest BCUT2D eigenvalue weighted by molar-refractivity contribution is 7.08. The number of amides is 1. The van der Waals surface area contributed by atoms with Crippen LogP contribution in [0.25, 0.3) is 11.1 Å². The summed E-state index contributed by atoms with van der Waals surface area (Å²) in [4.78, 5) is 32.2. The van der Waals surface area contributed by atoms with E-state index in [0.29, 0.717) is 17.9 Å². The maximum absolute atomic E-state index is 13.3. The van der Waals surface area contributed by atoms with Gasteiger partial charge in [-0.2, -0.15) is 11.3 Å². The summed E-state index contributed by atoms with van der Waals surface area (Å²) in [6.07, 6.45) is 1.58. The molecule has 0 fully saturated rings. The van der Waals surface area contributed by atoms with Gasteiger partial charge >= 0.3 is 0 Å². The SMILES string of the molecule is COCCOc1ncccc1[C@@H]1C(C(=O)C(C)C)=C(O)C(=O)N1c1ccc(-c2ccsc2)cc1. The Labute approximate surface area is 202 Å². The minimum absolute atomic E-state index is 0.0477. The number of anilines is 1. The molecule has 3 aromatic rings. The summed E-state index contributed by atoms with van der Waals surface area (Å²) in [5.41, 5.74) is 3.21. The molecule has 0 aliphatic carbocycles. The van der Waals surface area contributed by atoms with Crippen LogP contribution in [0.2, 0.25) is 0 Å². The van der Waals surface area contributed by atoms with E-state index in [9.17, 15) is 14.7 Å². The number of aromatic nitrogens is 1. The Hall–Kier alpha value is -3.49. The molecule has 1 aromatic carbocycles. The van der Waals surface area contributed by atoms with E-state index in [-0.39, 0.29) is 23.8 Å². The van der Waals surface area contributed by atoms with Crippen molar-refractivity contribution >= 4 is 28.7 Å². The van der Waals surface area contributed by atoms with Crippen molar-refractivity contribution in [1.82, 2.24) is 4.98 Å². The van der Waals surface area contributed by atoms with Crippen molar-refractivity contribution in [2.45, 2.75) is 19.9 Å². The molecule has 0 unspecified atom stereocenters. The summed E-state index contributed by atoms with van der Waals surface area (Å²) < 4.78 is 10.9. The molecule has 0 bridgehead atoms. The van der Waals surface area contributed by atoms with Gasteiger partial charge in [0.25, 0.3) is 5.91 Å². The van der Waals surface area contributed by atoms with E-state index < -0.39 is 23.6 Å². The quantitative estimate of drug-likeness (QED) is 0.437. The van der Waals surface area contributed by atoms with Gasteiger partial charge in [-0.1, -0.05) is 26.0 Å². The number of rotatable bonds is 9. The number of carbonyl (C=O) groups is 2. The molecule has 3 heterocycles. The van der Waals surface area contributed by atoms with Crippen molar-refractivity contribution in [3.63, 3.8) is 0 Å². The van der Waals surface area contributed by atoms with Crippen LogP contribution < -0.4 is 9.64 Å². The minimum Gasteiger partial charge on any atom is -0.503 e. The highest BCUT2D eigenvalue weighted by Crippen LogP contribution is 2.44. The van der Waals surface area contributed by atoms with Gasteiger partial charge in [-0.3, -0.25) is 14.5 Å². The van der Waals surface area contributed by atoms with E-state index in [2.05, 4.69) is 4.98 Å². The molecule has 1 aliphatic rings. The summed E-state index contributed by atoms with van der Waals surface area (Å²) in [5.74, 6) is -1.62. The zero-order chi connectivity index (χ0) is 24.2. The summed E-state index contributed by atoms with van der Waals surface area (Å²) in [7, 11) is 1.57. The Balaban J connectivity index is 1.80. The Morgan fingerprint density at radius 1 is 1.15 bits per heavy atom. The van der Waals surface area contributed by atoms with E-state index >= 15 is 0 Å².